The predicted octanol–water partition coefficient (Wildman–Crippen LogP) is 14.6. The maximum atomic E-state index is 2.68. The summed E-state index contributed by atoms with van der Waals surface area (Å²) < 4.78 is 0. The van der Waals surface area contributed by atoms with Gasteiger partial charge < -0.3 is 19.6 Å². The molecule has 0 spiro atoms. The van der Waals surface area contributed by atoms with Gasteiger partial charge in [0.05, 0.1) is 5.69 Å². The molecule has 0 saturated heterocycles. The number of rotatable bonds is 6. The Morgan fingerprint density at radius 2 is 0.985 bits per heavy atom. The second kappa shape index (κ2) is 14.4. The van der Waals surface area contributed by atoms with E-state index in [1.165, 1.54) is 72.7 Å². The van der Waals surface area contributed by atoms with Crippen LogP contribution in [0.25, 0.3) is 5.70 Å². The van der Waals surface area contributed by atoms with E-state index in [0.717, 1.165) is 34.1 Å². The fourth-order valence-corrected chi connectivity index (χ4v) is 11.8. The summed E-state index contributed by atoms with van der Waals surface area (Å²) in [5.74, 6) is 0. The molecule has 0 fully saturated rings. The van der Waals surface area contributed by atoms with Gasteiger partial charge in [0.2, 0.25) is 6.71 Å². The molecule has 3 aliphatic heterocycles. The van der Waals surface area contributed by atoms with Crippen molar-refractivity contribution in [2.45, 2.75) is 64.7 Å². The average molecular weight is 855 g/mol. The number of hydrogen-bond donors (Lipinski definition) is 0. The van der Waals surface area contributed by atoms with Crippen LogP contribution in [0.1, 0.15) is 76.3 Å². The number of allylic oxidation sites excluding steroid dienone is 1. The van der Waals surface area contributed by atoms with E-state index in [1.807, 2.05) is 0 Å². The third-order valence-electron chi connectivity index (χ3n) is 15.2. The predicted molar refractivity (Wildman–Crippen MR) is 281 cm³/mol. The number of benzene rings is 8. The van der Waals surface area contributed by atoms with Crippen LogP contribution in [0.2, 0.25) is 0 Å². The Balaban J connectivity index is 1.22. The molecule has 0 radical (unpaired) electrons. The molecular weight excluding hydrogens is 800 g/mol. The van der Waals surface area contributed by atoms with E-state index in [-0.39, 0.29) is 23.0 Å². The first-order valence-corrected chi connectivity index (χ1v) is 23.5. The van der Waals surface area contributed by atoms with Crippen molar-refractivity contribution in [2.24, 2.45) is 0 Å². The van der Waals surface area contributed by atoms with Crippen LogP contribution in [0.3, 0.4) is 0 Å². The molecule has 0 aromatic heterocycles. The van der Waals surface area contributed by atoms with Gasteiger partial charge in [0.1, 0.15) is 0 Å². The van der Waals surface area contributed by atoms with E-state index in [0.29, 0.717) is 0 Å². The van der Waals surface area contributed by atoms with Crippen LogP contribution in [0.5, 0.6) is 0 Å². The minimum Gasteiger partial charge on any atom is -0.344 e. The van der Waals surface area contributed by atoms with Crippen molar-refractivity contribution < 1.29 is 0 Å². The van der Waals surface area contributed by atoms with Crippen molar-refractivity contribution in [1.82, 2.24) is 0 Å². The average Bonchev–Trinajstić information content (AvgIpc) is 3.52. The molecule has 4 nitrogen and oxygen atoms in total. The lowest BCUT2D eigenvalue weighted by Gasteiger charge is -2.47. The molecule has 0 N–H and O–H groups in total. The van der Waals surface area contributed by atoms with Gasteiger partial charge >= 0.3 is 0 Å². The number of fused-ring (bicyclic) bond motifs is 6. The van der Waals surface area contributed by atoms with Crippen LogP contribution >= 0.6 is 0 Å². The van der Waals surface area contributed by atoms with E-state index < -0.39 is 0 Å². The van der Waals surface area contributed by atoms with E-state index in [4.69, 9.17) is 0 Å². The Labute approximate surface area is 391 Å². The summed E-state index contributed by atoms with van der Waals surface area (Å²) in [6.07, 6.45) is 0. The first-order valence-electron chi connectivity index (χ1n) is 23.5. The summed E-state index contributed by atoms with van der Waals surface area (Å²) in [6.45, 7) is 16.7. The maximum Gasteiger partial charge on any atom is 0.248 e. The van der Waals surface area contributed by atoms with Crippen LogP contribution in [0.4, 0.5) is 56.9 Å². The van der Waals surface area contributed by atoms with Crippen LogP contribution in [0.15, 0.2) is 194 Å². The number of para-hydroxylation sites is 4. The monoisotopic (exact) mass is 854 g/mol. The summed E-state index contributed by atoms with van der Waals surface area (Å²) in [5, 5.41) is 0. The third-order valence-corrected chi connectivity index (χ3v) is 15.2. The summed E-state index contributed by atoms with van der Waals surface area (Å²) in [5.41, 5.74) is 23.5. The molecule has 0 atom stereocenters. The smallest absolute Gasteiger partial charge is 0.248 e. The molecule has 12 rings (SSSR count). The molecule has 0 saturated carbocycles. The zero-order valence-electron chi connectivity index (χ0n) is 39.3. The van der Waals surface area contributed by atoms with E-state index in [9.17, 15) is 0 Å². The fourth-order valence-electron chi connectivity index (χ4n) is 11.8. The first-order chi connectivity index (χ1) is 31.8. The molecule has 5 heteroatoms. The molecule has 8 aromatic rings. The summed E-state index contributed by atoms with van der Waals surface area (Å²) in [4.78, 5) is 10.0. The maximum absolute atomic E-state index is 2.68. The van der Waals surface area contributed by atoms with Crippen LogP contribution in [0, 0.1) is 0 Å². The largest absolute Gasteiger partial charge is 0.344 e. The van der Waals surface area contributed by atoms with Gasteiger partial charge in [0.15, 0.2) is 0 Å². The molecule has 322 valence electrons. The first kappa shape index (κ1) is 40.3. The highest BCUT2D eigenvalue weighted by atomic mass is 15.2. The second-order valence-electron chi connectivity index (χ2n) is 20.7. The highest BCUT2D eigenvalue weighted by Crippen LogP contribution is 2.61. The molecule has 1 aliphatic carbocycles. The van der Waals surface area contributed by atoms with Gasteiger partial charge in [0, 0.05) is 80.3 Å². The van der Waals surface area contributed by atoms with Crippen molar-refractivity contribution in [3.8, 4) is 0 Å². The highest BCUT2D eigenvalue weighted by Gasteiger charge is 2.55. The molecule has 0 amide bonds. The Bertz CT molecular complexity index is 3220. The Hall–Kier alpha value is -7.24. The van der Waals surface area contributed by atoms with Gasteiger partial charge in [-0.15, -0.1) is 0 Å². The number of hydrogen-bond acceptors (Lipinski definition) is 4. The Morgan fingerprint density at radius 3 is 1.61 bits per heavy atom. The van der Waals surface area contributed by atoms with E-state index in [1.54, 1.807) is 0 Å². The quantitative estimate of drug-likeness (QED) is 0.155. The van der Waals surface area contributed by atoms with Gasteiger partial charge in [-0.2, -0.15) is 0 Å². The van der Waals surface area contributed by atoms with Crippen molar-refractivity contribution in [2.75, 3.05) is 26.6 Å². The van der Waals surface area contributed by atoms with Crippen LogP contribution in [-0.2, 0) is 16.2 Å². The second-order valence-corrected chi connectivity index (χ2v) is 20.7. The molecule has 4 aliphatic rings. The highest BCUT2D eigenvalue weighted by molar-refractivity contribution is 6.96. The molecular formula is C61H55BN4. The summed E-state index contributed by atoms with van der Waals surface area (Å²) >= 11 is 0. The molecule has 66 heavy (non-hydrogen) atoms. The summed E-state index contributed by atoms with van der Waals surface area (Å²) in [6, 6.07) is 70.3. The van der Waals surface area contributed by atoms with E-state index >= 15 is 0 Å². The molecule has 3 heterocycles. The minimum absolute atomic E-state index is 0.0126. The van der Waals surface area contributed by atoms with Gasteiger partial charge in [-0.3, -0.25) is 0 Å². The van der Waals surface area contributed by atoms with Gasteiger partial charge in [-0.1, -0.05) is 163 Å². The number of nitrogens with zero attached hydrogens (tertiary/aromatic N) is 4. The Kier molecular flexibility index (Phi) is 8.78. The number of anilines is 10. The van der Waals surface area contributed by atoms with E-state index in [2.05, 4.69) is 263 Å². The molecule has 0 unspecified atom stereocenters. The minimum atomic E-state index is -0.271. The van der Waals surface area contributed by atoms with Gasteiger partial charge in [0.25, 0.3) is 0 Å². The SMILES string of the molecule is CN(c1ccccc1)c1cc2c3c(c1)N(c1ccc(C(C)(C)C)cc1)c1cc(N(c4ccccc4)c4ccccc4)ccc1B3C1=C3c4c(cccc4C(C)(C)c4ccccc4N32)C1(C)C. The zero-order chi connectivity index (χ0) is 45.3. The van der Waals surface area contributed by atoms with Gasteiger partial charge in [-0.05, 0) is 117 Å². The lowest BCUT2D eigenvalue weighted by molar-refractivity contribution is 0.590. The zero-order valence-corrected chi connectivity index (χ0v) is 39.3. The summed E-state index contributed by atoms with van der Waals surface area (Å²) in [7, 11) is 2.22. The van der Waals surface area contributed by atoms with Crippen molar-refractivity contribution in [1.29, 1.82) is 0 Å². The fraction of sp³-hybridized carbons (Fsp3) is 0.180. The lowest BCUT2D eigenvalue weighted by Crippen LogP contribution is -2.57. The Morgan fingerprint density at radius 1 is 0.455 bits per heavy atom. The standard InChI is InChI=1S/C61H55BN4/c1-59(2,3)40-31-33-44(34-32-40)65-52-37-45(64(42-23-14-10-15-24-42)43-25-16-11-17-26-43)35-36-50(52)62-56-53(65)38-46(63(8)41-21-12-9-13-22-41)39-54(56)66-51-30-19-18-27-47(51)60(4,5)48-28-20-29-49-55(48)57(66)58(62)61(49,6)7/h9-39H,1-8H3. The van der Waals surface area contributed by atoms with Crippen LogP contribution in [-0.4, -0.2) is 13.8 Å². The van der Waals surface area contributed by atoms with Gasteiger partial charge in [-0.25, -0.2) is 0 Å². The molecule has 8 aromatic carbocycles. The molecule has 0 bridgehead atoms. The van der Waals surface area contributed by atoms with Crippen molar-refractivity contribution in [3.05, 3.63) is 221 Å². The van der Waals surface area contributed by atoms with Crippen LogP contribution < -0.4 is 30.5 Å². The van der Waals surface area contributed by atoms with Crippen molar-refractivity contribution in [3.63, 3.8) is 0 Å². The van der Waals surface area contributed by atoms with Crippen molar-refractivity contribution >= 4 is 80.2 Å². The lowest BCUT2D eigenvalue weighted by atomic mass is 9.30. The third kappa shape index (κ3) is 5.78. The topological polar surface area (TPSA) is 13.0 Å². The normalized spacial score (nSPS) is 15.7.